The topological polar surface area (TPSA) is 72.1 Å². The van der Waals surface area contributed by atoms with Gasteiger partial charge in [0.15, 0.2) is 0 Å². The summed E-state index contributed by atoms with van der Waals surface area (Å²) in [6, 6.07) is 13.7. The van der Waals surface area contributed by atoms with E-state index in [0.29, 0.717) is 18.1 Å². The molecule has 3 rings (SSSR count). The molecule has 2 aromatic heterocycles. The molecule has 0 aliphatic heterocycles. The van der Waals surface area contributed by atoms with Crippen LogP contribution in [0, 0.1) is 0 Å². The molecule has 0 atom stereocenters. The number of nitrogen functional groups attached to an aromatic ring is 1. The quantitative estimate of drug-likeness (QED) is 0.734. The number of aromatic nitrogens is 2. The summed E-state index contributed by atoms with van der Waals surface area (Å²) >= 11 is 0. The van der Waals surface area contributed by atoms with Gasteiger partial charge in [-0.1, -0.05) is 31.2 Å². The van der Waals surface area contributed by atoms with Gasteiger partial charge in [0.05, 0.1) is 11.2 Å². The van der Waals surface area contributed by atoms with Crippen molar-refractivity contribution in [2.24, 2.45) is 0 Å². The van der Waals surface area contributed by atoms with Crippen LogP contribution in [0.1, 0.15) is 43.9 Å². The number of pyridine rings is 2. The van der Waals surface area contributed by atoms with E-state index in [9.17, 15) is 4.79 Å². The molecular weight excluding hydrogens is 336 g/mol. The van der Waals surface area contributed by atoms with E-state index in [1.807, 2.05) is 56.0 Å². The first kappa shape index (κ1) is 18.8. The summed E-state index contributed by atoms with van der Waals surface area (Å²) in [7, 11) is 0. The van der Waals surface area contributed by atoms with Crippen LogP contribution in [0.4, 0.5) is 5.82 Å². The molecule has 3 aromatic rings. The average molecular weight is 362 g/mol. The van der Waals surface area contributed by atoms with Crippen molar-refractivity contribution in [2.75, 3.05) is 12.3 Å². The molecule has 0 fully saturated rings. The number of nitrogens with two attached hydrogens (primary N) is 1. The molecule has 2 heterocycles. The van der Waals surface area contributed by atoms with Gasteiger partial charge in [-0.15, -0.1) is 0 Å². The van der Waals surface area contributed by atoms with Gasteiger partial charge in [-0.25, -0.2) is 9.97 Å². The Balaban J connectivity index is 2.17. The molecule has 0 unspecified atom stereocenters. The zero-order chi connectivity index (χ0) is 19.6. The van der Waals surface area contributed by atoms with Crippen molar-refractivity contribution in [1.82, 2.24) is 14.9 Å². The second kappa shape index (κ2) is 7.74. The Kier molecular flexibility index (Phi) is 5.40. The van der Waals surface area contributed by atoms with Gasteiger partial charge in [-0.05, 0) is 45.4 Å². The number of hydrogen-bond donors (Lipinski definition) is 1. The molecule has 2 N–H and O–H groups in total. The molecule has 1 amide bonds. The molecule has 0 aliphatic carbocycles. The van der Waals surface area contributed by atoms with Crippen molar-refractivity contribution >= 4 is 22.6 Å². The Hall–Kier alpha value is -2.95. The summed E-state index contributed by atoms with van der Waals surface area (Å²) in [4.78, 5) is 24.0. The zero-order valence-electron chi connectivity index (χ0n) is 16.4. The summed E-state index contributed by atoms with van der Waals surface area (Å²) in [6.07, 6.45) is 0.770. The summed E-state index contributed by atoms with van der Waals surface area (Å²) in [5.74, 6) is 0.463. The second-order valence-corrected chi connectivity index (χ2v) is 6.84. The van der Waals surface area contributed by atoms with Crippen LogP contribution in [0.2, 0.25) is 0 Å². The monoisotopic (exact) mass is 362 g/mol. The fourth-order valence-corrected chi connectivity index (χ4v) is 3.41. The predicted molar refractivity (Wildman–Crippen MR) is 111 cm³/mol. The van der Waals surface area contributed by atoms with Crippen molar-refractivity contribution in [2.45, 2.75) is 40.2 Å². The smallest absolute Gasteiger partial charge is 0.272 e. The summed E-state index contributed by atoms with van der Waals surface area (Å²) < 4.78 is 0. The van der Waals surface area contributed by atoms with E-state index in [2.05, 4.69) is 11.9 Å². The highest BCUT2D eigenvalue weighted by Crippen LogP contribution is 2.30. The number of carbonyl (C=O) groups is 1. The first-order valence-corrected chi connectivity index (χ1v) is 9.42. The van der Waals surface area contributed by atoms with Gasteiger partial charge in [-0.3, -0.25) is 4.79 Å². The highest BCUT2D eigenvalue weighted by atomic mass is 16.2. The SMILES string of the molecule is CCc1nc(N)ccc1-c1cccc2ccc(C(=O)N(CC)C(C)C)nc12. The Bertz CT molecular complexity index is 981. The van der Waals surface area contributed by atoms with Gasteiger partial charge in [0.25, 0.3) is 5.91 Å². The lowest BCUT2D eigenvalue weighted by Crippen LogP contribution is -2.37. The van der Waals surface area contributed by atoms with Gasteiger partial charge < -0.3 is 10.6 Å². The van der Waals surface area contributed by atoms with Crippen molar-refractivity contribution in [1.29, 1.82) is 0 Å². The number of hydrogen-bond acceptors (Lipinski definition) is 4. The molecule has 140 valence electrons. The Morgan fingerprint density at radius 2 is 1.81 bits per heavy atom. The van der Waals surface area contributed by atoms with Gasteiger partial charge in [0, 0.05) is 29.1 Å². The van der Waals surface area contributed by atoms with E-state index in [1.165, 1.54) is 0 Å². The lowest BCUT2D eigenvalue weighted by Gasteiger charge is -2.24. The van der Waals surface area contributed by atoms with Gasteiger partial charge in [0.1, 0.15) is 11.5 Å². The lowest BCUT2D eigenvalue weighted by molar-refractivity contribution is 0.0711. The molecule has 1 aromatic carbocycles. The molecule has 27 heavy (non-hydrogen) atoms. The minimum atomic E-state index is -0.0460. The third-order valence-corrected chi connectivity index (χ3v) is 4.79. The van der Waals surface area contributed by atoms with Crippen LogP contribution in [0.25, 0.3) is 22.0 Å². The van der Waals surface area contributed by atoms with Crippen LogP contribution in [0.15, 0.2) is 42.5 Å². The van der Waals surface area contributed by atoms with Crippen molar-refractivity contribution < 1.29 is 4.79 Å². The normalized spacial score (nSPS) is 11.1. The second-order valence-electron chi connectivity index (χ2n) is 6.84. The first-order chi connectivity index (χ1) is 13.0. The van der Waals surface area contributed by atoms with Crippen molar-refractivity contribution in [3.05, 3.63) is 53.9 Å². The largest absolute Gasteiger partial charge is 0.384 e. The van der Waals surface area contributed by atoms with Gasteiger partial charge >= 0.3 is 0 Å². The maximum Gasteiger partial charge on any atom is 0.272 e. The number of para-hydroxylation sites is 1. The molecule has 5 nitrogen and oxygen atoms in total. The molecular formula is C22H26N4O. The Morgan fingerprint density at radius 1 is 1.04 bits per heavy atom. The fraction of sp³-hybridized carbons (Fsp3) is 0.318. The number of rotatable bonds is 5. The van der Waals surface area contributed by atoms with Crippen molar-refractivity contribution in [3.63, 3.8) is 0 Å². The molecule has 0 radical (unpaired) electrons. The number of aryl methyl sites for hydroxylation is 1. The minimum Gasteiger partial charge on any atom is -0.384 e. The highest BCUT2D eigenvalue weighted by Gasteiger charge is 2.19. The highest BCUT2D eigenvalue weighted by molar-refractivity contribution is 5.99. The van der Waals surface area contributed by atoms with Gasteiger partial charge in [0.2, 0.25) is 0 Å². The summed E-state index contributed by atoms with van der Waals surface area (Å²) in [5, 5.41) is 0.996. The van der Waals surface area contributed by atoms with Crippen LogP contribution in [-0.4, -0.2) is 33.4 Å². The van der Waals surface area contributed by atoms with Crippen LogP contribution < -0.4 is 5.73 Å². The molecule has 0 saturated heterocycles. The number of carbonyl (C=O) groups excluding carboxylic acids is 1. The molecule has 0 saturated carbocycles. The Labute approximate surface area is 160 Å². The van der Waals surface area contributed by atoms with Crippen LogP contribution in [-0.2, 0) is 6.42 Å². The van der Waals surface area contributed by atoms with E-state index >= 15 is 0 Å². The number of benzene rings is 1. The van der Waals surface area contributed by atoms with E-state index in [-0.39, 0.29) is 11.9 Å². The predicted octanol–water partition coefficient (Wildman–Crippen LogP) is 4.31. The third kappa shape index (κ3) is 3.63. The molecule has 5 heteroatoms. The molecule has 0 bridgehead atoms. The van der Waals surface area contributed by atoms with Crippen LogP contribution in [0.3, 0.4) is 0 Å². The van der Waals surface area contributed by atoms with Crippen LogP contribution >= 0.6 is 0 Å². The van der Waals surface area contributed by atoms with E-state index in [1.54, 1.807) is 12.1 Å². The summed E-state index contributed by atoms with van der Waals surface area (Å²) in [5.41, 5.74) is 10.0. The number of amides is 1. The Morgan fingerprint density at radius 3 is 2.48 bits per heavy atom. The van der Waals surface area contributed by atoms with E-state index in [4.69, 9.17) is 10.7 Å². The molecule has 0 spiro atoms. The number of nitrogens with zero attached hydrogens (tertiary/aromatic N) is 3. The van der Waals surface area contributed by atoms with Gasteiger partial charge in [-0.2, -0.15) is 0 Å². The van der Waals surface area contributed by atoms with Crippen LogP contribution in [0.5, 0.6) is 0 Å². The standard InChI is InChI=1S/C22H26N4O/c1-5-18-16(11-13-20(23)24-18)17-9-7-8-15-10-12-19(25-21(15)17)22(27)26(6-2)14(3)4/h7-14H,5-6H2,1-4H3,(H2,23,24). The van der Waals surface area contributed by atoms with E-state index in [0.717, 1.165) is 34.1 Å². The maximum atomic E-state index is 12.9. The third-order valence-electron chi connectivity index (χ3n) is 4.79. The lowest BCUT2D eigenvalue weighted by atomic mass is 9.99. The average Bonchev–Trinajstić information content (AvgIpc) is 2.67. The fourth-order valence-electron chi connectivity index (χ4n) is 3.41. The minimum absolute atomic E-state index is 0.0460. The molecule has 0 aliphatic rings. The van der Waals surface area contributed by atoms with Crippen molar-refractivity contribution in [3.8, 4) is 11.1 Å². The number of fused-ring (bicyclic) bond motifs is 1. The maximum absolute atomic E-state index is 12.9. The number of anilines is 1. The van der Waals surface area contributed by atoms with E-state index < -0.39 is 0 Å². The summed E-state index contributed by atoms with van der Waals surface area (Å²) in [6.45, 7) is 8.72. The zero-order valence-corrected chi connectivity index (χ0v) is 16.4. The first-order valence-electron chi connectivity index (χ1n) is 9.42.